The van der Waals surface area contributed by atoms with Gasteiger partial charge in [-0.25, -0.2) is 0 Å². The molecule has 1 aromatic rings. The standard InChI is InChI=1S/C14H17F3N2O/c1-19(12-6-3-7-18-9-12)13(20)10-4-2-5-11(8-10)14(15,16)17/h2,4-5,8,12,18H,3,6-7,9H2,1H3/t12-/m0/s1. The van der Waals surface area contributed by atoms with Crippen LogP contribution < -0.4 is 5.32 Å². The number of carbonyl (C=O) groups is 1. The van der Waals surface area contributed by atoms with E-state index in [1.165, 1.54) is 17.0 Å². The fourth-order valence-corrected chi connectivity index (χ4v) is 2.36. The van der Waals surface area contributed by atoms with Crippen LogP contribution in [0.2, 0.25) is 0 Å². The minimum absolute atomic E-state index is 0.0331. The Morgan fingerprint density at radius 2 is 2.15 bits per heavy atom. The number of carbonyl (C=O) groups excluding carboxylic acids is 1. The lowest BCUT2D eigenvalue weighted by Gasteiger charge is -2.31. The van der Waals surface area contributed by atoms with Crippen LogP contribution in [0.25, 0.3) is 0 Å². The lowest BCUT2D eigenvalue weighted by molar-refractivity contribution is -0.137. The van der Waals surface area contributed by atoms with Gasteiger partial charge in [0.25, 0.3) is 5.91 Å². The molecule has 1 amide bonds. The Balaban J connectivity index is 2.16. The van der Waals surface area contributed by atoms with E-state index in [9.17, 15) is 18.0 Å². The van der Waals surface area contributed by atoms with Gasteiger partial charge in [0.15, 0.2) is 0 Å². The molecule has 1 aromatic carbocycles. The number of amides is 1. The van der Waals surface area contributed by atoms with Crippen LogP contribution in [0.15, 0.2) is 24.3 Å². The molecule has 3 nitrogen and oxygen atoms in total. The Labute approximate surface area is 115 Å². The lowest BCUT2D eigenvalue weighted by atomic mass is 10.0. The van der Waals surface area contributed by atoms with E-state index in [2.05, 4.69) is 5.32 Å². The maximum Gasteiger partial charge on any atom is 0.416 e. The Bertz CT molecular complexity index is 482. The second-order valence-corrected chi connectivity index (χ2v) is 4.99. The average molecular weight is 286 g/mol. The van der Waals surface area contributed by atoms with Gasteiger partial charge in [-0.2, -0.15) is 13.2 Å². The summed E-state index contributed by atoms with van der Waals surface area (Å²) in [5, 5.41) is 3.18. The molecule has 20 heavy (non-hydrogen) atoms. The molecule has 6 heteroatoms. The number of alkyl halides is 3. The van der Waals surface area contributed by atoms with Crippen molar-refractivity contribution in [3.63, 3.8) is 0 Å². The van der Waals surface area contributed by atoms with Crippen molar-refractivity contribution in [3.05, 3.63) is 35.4 Å². The van der Waals surface area contributed by atoms with E-state index in [1.54, 1.807) is 7.05 Å². The second-order valence-electron chi connectivity index (χ2n) is 4.99. The molecule has 1 N–H and O–H groups in total. The van der Waals surface area contributed by atoms with Crippen molar-refractivity contribution < 1.29 is 18.0 Å². The highest BCUT2D eigenvalue weighted by atomic mass is 19.4. The summed E-state index contributed by atoms with van der Waals surface area (Å²) in [6, 6.07) is 4.60. The van der Waals surface area contributed by atoms with Crippen molar-refractivity contribution in [1.82, 2.24) is 10.2 Å². The first-order valence-corrected chi connectivity index (χ1v) is 6.55. The van der Waals surface area contributed by atoms with E-state index >= 15 is 0 Å². The zero-order valence-electron chi connectivity index (χ0n) is 11.2. The third kappa shape index (κ3) is 3.30. The molecule has 1 atom stereocenters. The van der Waals surface area contributed by atoms with Crippen molar-refractivity contribution in [3.8, 4) is 0 Å². The Hall–Kier alpha value is -1.56. The zero-order valence-corrected chi connectivity index (χ0v) is 11.2. The molecule has 1 saturated heterocycles. The molecule has 0 spiro atoms. The minimum Gasteiger partial charge on any atom is -0.337 e. The largest absolute Gasteiger partial charge is 0.416 e. The van der Waals surface area contributed by atoms with E-state index in [1.807, 2.05) is 0 Å². The molecule has 0 unspecified atom stereocenters. The van der Waals surface area contributed by atoms with Gasteiger partial charge in [0.2, 0.25) is 0 Å². The normalized spacial score (nSPS) is 19.7. The van der Waals surface area contributed by atoms with Gasteiger partial charge in [0.05, 0.1) is 5.56 Å². The molecule has 0 radical (unpaired) electrons. The fourth-order valence-electron chi connectivity index (χ4n) is 2.36. The number of likely N-dealkylation sites (N-methyl/N-ethyl adjacent to an activating group) is 1. The first-order valence-electron chi connectivity index (χ1n) is 6.55. The van der Waals surface area contributed by atoms with Gasteiger partial charge in [0.1, 0.15) is 0 Å². The Morgan fingerprint density at radius 1 is 1.40 bits per heavy atom. The van der Waals surface area contributed by atoms with Gasteiger partial charge in [-0.15, -0.1) is 0 Å². The maximum atomic E-state index is 12.7. The van der Waals surface area contributed by atoms with Gasteiger partial charge in [-0.1, -0.05) is 6.07 Å². The highest BCUT2D eigenvalue weighted by molar-refractivity contribution is 5.94. The van der Waals surface area contributed by atoms with Gasteiger partial charge < -0.3 is 10.2 Å². The third-order valence-electron chi connectivity index (χ3n) is 3.58. The van der Waals surface area contributed by atoms with Crippen molar-refractivity contribution in [2.75, 3.05) is 20.1 Å². The summed E-state index contributed by atoms with van der Waals surface area (Å²) in [7, 11) is 1.64. The van der Waals surface area contributed by atoms with E-state index in [4.69, 9.17) is 0 Å². The van der Waals surface area contributed by atoms with Crippen LogP contribution in [0.1, 0.15) is 28.8 Å². The summed E-state index contributed by atoms with van der Waals surface area (Å²) < 4.78 is 38.0. The topological polar surface area (TPSA) is 32.3 Å². The molecule has 1 fully saturated rings. The minimum atomic E-state index is -4.43. The van der Waals surface area contributed by atoms with Crippen molar-refractivity contribution >= 4 is 5.91 Å². The molecule has 2 rings (SSSR count). The molecule has 0 aromatic heterocycles. The maximum absolute atomic E-state index is 12.7. The predicted octanol–water partition coefficient (Wildman–Crippen LogP) is 2.53. The van der Waals surface area contributed by atoms with Crippen LogP contribution in [-0.4, -0.2) is 37.0 Å². The van der Waals surface area contributed by atoms with E-state index in [-0.39, 0.29) is 17.5 Å². The van der Waals surface area contributed by atoms with Crippen LogP contribution >= 0.6 is 0 Å². The molecule has 1 aliphatic heterocycles. The van der Waals surface area contributed by atoms with E-state index < -0.39 is 11.7 Å². The predicted molar refractivity (Wildman–Crippen MR) is 69.4 cm³/mol. The van der Waals surface area contributed by atoms with Crippen molar-refractivity contribution in [1.29, 1.82) is 0 Å². The first kappa shape index (κ1) is 14.8. The number of hydrogen-bond donors (Lipinski definition) is 1. The van der Waals surface area contributed by atoms with Gasteiger partial charge in [-0.05, 0) is 37.6 Å². The number of halogens is 3. The summed E-state index contributed by atoms with van der Waals surface area (Å²) in [6.45, 7) is 1.60. The highest BCUT2D eigenvalue weighted by Gasteiger charge is 2.31. The summed E-state index contributed by atoms with van der Waals surface area (Å²) >= 11 is 0. The molecule has 0 saturated carbocycles. The Morgan fingerprint density at radius 3 is 2.75 bits per heavy atom. The highest BCUT2D eigenvalue weighted by Crippen LogP contribution is 2.29. The van der Waals surface area contributed by atoms with Gasteiger partial charge >= 0.3 is 6.18 Å². The molecule has 110 valence electrons. The first-order chi connectivity index (χ1) is 9.39. The van der Waals surface area contributed by atoms with Crippen LogP contribution in [0.3, 0.4) is 0 Å². The summed E-state index contributed by atoms with van der Waals surface area (Å²) in [4.78, 5) is 13.8. The fraction of sp³-hybridized carbons (Fsp3) is 0.500. The Kier molecular flexibility index (Phi) is 4.32. The summed E-state index contributed by atoms with van der Waals surface area (Å²) in [5.41, 5.74) is -0.716. The number of piperidine rings is 1. The number of nitrogens with one attached hydrogen (secondary N) is 1. The SMILES string of the molecule is CN(C(=O)c1cccc(C(F)(F)F)c1)[C@H]1CCCNC1. The molecule has 0 bridgehead atoms. The zero-order chi connectivity index (χ0) is 14.8. The number of rotatable bonds is 2. The summed E-state index contributed by atoms with van der Waals surface area (Å²) in [5.74, 6) is -0.371. The molecule has 1 aliphatic rings. The average Bonchev–Trinajstić information content (AvgIpc) is 2.46. The molecule has 0 aliphatic carbocycles. The smallest absolute Gasteiger partial charge is 0.337 e. The number of hydrogen-bond acceptors (Lipinski definition) is 2. The second kappa shape index (κ2) is 5.83. The number of benzene rings is 1. The van der Waals surface area contributed by atoms with E-state index in [0.29, 0.717) is 6.54 Å². The monoisotopic (exact) mass is 286 g/mol. The van der Waals surface area contributed by atoms with Crippen LogP contribution in [0.4, 0.5) is 13.2 Å². The number of nitrogens with zero attached hydrogens (tertiary/aromatic N) is 1. The van der Waals surface area contributed by atoms with Crippen molar-refractivity contribution in [2.24, 2.45) is 0 Å². The van der Waals surface area contributed by atoms with Gasteiger partial charge in [-0.3, -0.25) is 4.79 Å². The van der Waals surface area contributed by atoms with Crippen LogP contribution in [0, 0.1) is 0 Å². The molecule has 1 heterocycles. The molecular weight excluding hydrogens is 269 g/mol. The van der Waals surface area contributed by atoms with E-state index in [0.717, 1.165) is 31.5 Å². The quantitative estimate of drug-likeness (QED) is 0.906. The van der Waals surface area contributed by atoms with Crippen LogP contribution in [-0.2, 0) is 6.18 Å². The third-order valence-corrected chi connectivity index (χ3v) is 3.58. The van der Waals surface area contributed by atoms with Gasteiger partial charge in [0, 0.05) is 25.2 Å². The lowest BCUT2D eigenvalue weighted by Crippen LogP contribution is -2.46. The summed E-state index contributed by atoms with van der Waals surface area (Å²) in [6.07, 6.45) is -2.60. The van der Waals surface area contributed by atoms with Crippen molar-refractivity contribution in [2.45, 2.75) is 25.1 Å². The van der Waals surface area contributed by atoms with Crippen LogP contribution in [0.5, 0.6) is 0 Å². The molecular formula is C14H17F3N2O.